The number of benzene rings is 2. The molecule has 5 rings (SSSR count). The van der Waals surface area contributed by atoms with E-state index in [-0.39, 0.29) is 11.3 Å². The van der Waals surface area contributed by atoms with Crippen molar-refractivity contribution in [3.63, 3.8) is 0 Å². The van der Waals surface area contributed by atoms with Crippen LogP contribution in [0.2, 0.25) is 0 Å². The number of carbonyl (C=O) groups is 1. The summed E-state index contributed by atoms with van der Waals surface area (Å²) in [5.74, 6) is 0.605. The van der Waals surface area contributed by atoms with E-state index in [0.29, 0.717) is 31.0 Å². The number of rotatable bonds is 5. The van der Waals surface area contributed by atoms with Crippen LogP contribution >= 0.6 is 0 Å². The third kappa shape index (κ3) is 3.79. The number of carbonyl (C=O) groups excluding carboxylic acids is 1. The molecule has 0 saturated heterocycles. The lowest BCUT2D eigenvalue weighted by Gasteiger charge is -2.22. The molecule has 1 amide bonds. The second-order valence-corrected chi connectivity index (χ2v) is 8.54. The number of hydrogen-bond acceptors (Lipinski definition) is 4. The molecule has 2 aliphatic rings. The summed E-state index contributed by atoms with van der Waals surface area (Å²) in [5.41, 5.74) is 4.62. The van der Waals surface area contributed by atoms with Gasteiger partial charge in [0.2, 0.25) is 0 Å². The Hall–Kier alpha value is -3.59. The van der Waals surface area contributed by atoms with Gasteiger partial charge in [-0.05, 0) is 73.2 Å². The first-order valence-corrected chi connectivity index (χ1v) is 10.6. The maximum absolute atomic E-state index is 13.3. The van der Waals surface area contributed by atoms with Gasteiger partial charge < -0.3 is 9.64 Å². The first kappa shape index (κ1) is 19.4. The zero-order valence-electron chi connectivity index (χ0n) is 17.5. The lowest BCUT2D eigenvalue weighted by atomic mass is 9.96. The summed E-state index contributed by atoms with van der Waals surface area (Å²) in [6.45, 7) is 3.51. The fourth-order valence-electron chi connectivity index (χ4n) is 4.12. The minimum atomic E-state index is -0.357. The molecular weight excluding hydrogens is 388 g/mol. The molecule has 1 aliphatic heterocycles. The summed E-state index contributed by atoms with van der Waals surface area (Å²) in [6, 6.07) is 16.5. The molecular formula is C25H24N4O2. The van der Waals surface area contributed by atoms with E-state index in [1.807, 2.05) is 41.2 Å². The van der Waals surface area contributed by atoms with Crippen molar-refractivity contribution in [3.05, 3.63) is 77.1 Å². The van der Waals surface area contributed by atoms with Crippen LogP contribution in [0.4, 0.5) is 0 Å². The van der Waals surface area contributed by atoms with Crippen LogP contribution in [-0.4, -0.2) is 40.3 Å². The molecule has 1 saturated carbocycles. The van der Waals surface area contributed by atoms with Crippen molar-refractivity contribution < 1.29 is 9.53 Å². The molecule has 156 valence electrons. The molecule has 0 radical (unpaired) electrons. The van der Waals surface area contributed by atoms with E-state index >= 15 is 0 Å². The monoisotopic (exact) mass is 412 g/mol. The topological polar surface area (TPSA) is 71.2 Å². The number of aromatic nitrogens is 2. The molecule has 0 N–H and O–H groups in total. The quantitative estimate of drug-likeness (QED) is 0.637. The van der Waals surface area contributed by atoms with Crippen LogP contribution in [-0.2, 0) is 6.42 Å². The normalized spacial score (nSPS) is 16.8. The van der Waals surface area contributed by atoms with Gasteiger partial charge in [0, 0.05) is 18.9 Å². The molecule has 6 nitrogen and oxygen atoms in total. The Bertz CT molecular complexity index is 1160. The average Bonchev–Trinajstić information content (AvgIpc) is 3.38. The Morgan fingerprint density at radius 3 is 2.71 bits per heavy atom. The van der Waals surface area contributed by atoms with Crippen molar-refractivity contribution in [3.8, 4) is 17.5 Å². The summed E-state index contributed by atoms with van der Waals surface area (Å²) in [6.07, 6.45) is 6.15. The highest BCUT2D eigenvalue weighted by molar-refractivity contribution is 5.97. The largest absolute Gasteiger partial charge is 0.491 e. The highest BCUT2D eigenvalue weighted by Crippen LogP contribution is 2.46. The summed E-state index contributed by atoms with van der Waals surface area (Å²) in [7, 11) is 0. The van der Waals surface area contributed by atoms with Gasteiger partial charge in [-0.15, -0.1) is 0 Å². The second-order valence-electron chi connectivity index (χ2n) is 8.54. The lowest BCUT2D eigenvalue weighted by Crippen LogP contribution is -2.37. The molecule has 6 heteroatoms. The maximum atomic E-state index is 13.3. The smallest absolute Gasteiger partial charge is 0.257 e. The lowest BCUT2D eigenvalue weighted by molar-refractivity contribution is 0.0733. The van der Waals surface area contributed by atoms with E-state index in [1.165, 1.54) is 5.56 Å². The van der Waals surface area contributed by atoms with Gasteiger partial charge >= 0.3 is 0 Å². The third-order valence-corrected chi connectivity index (χ3v) is 6.26. The fraction of sp³-hybridized carbons (Fsp3) is 0.320. The summed E-state index contributed by atoms with van der Waals surface area (Å²) in [4.78, 5) is 15.1. The van der Waals surface area contributed by atoms with Crippen LogP contribution in [0.5, 0.6) is 5.75 Å². The Morgan fingerprint density at radius 1 is 1.23 bits per heavy atom. The maximum Gasteiger partial charge on any atom is 0.257 e. The number of nitriles is 1. The number of fused-ring (bicyclic) bond motifs is 1. The van der Waals surface area contributed by atoms with Crippen LogP contribution in [0.1, 0.15) is 39.9 Å². The van der Waals surface area contributed by atoms with E-state index in [9.17, 15) is 10.1 Å². The molecule has 1 aromatic heterocycles. The Labute approximate surface area is 181 Å². The number of amides is 1. The summed E-state index contributed by atoms with van der Waals surface area (Å²) in [5, 5.41) is 13.7. The van der Waals surface area contributed by atoms with Crippen LogP contribution in [0, 0.1) is 23.7 Å². The van der Waals surface area contributed by atoms with E-state index in [2.05, 4.69) is 30.2 Å². The second kappa shape index (κ2) is 7.59. The predicted molar refractivity (Wildman–Crippen MR) is 116 cm³/mol. The van der Waals surface area contributed by atoms with Crippen molar-refractivity contribution in [2.24, 2.45) is 5.41 Å². The molecule has 1 fully saturated rings. The predicted octanol–water partition coefficient (Wildman–Crippen LogP) is 3.91. The summed E-state index contributed by atoms with van der Waals surface area (Å²) >= 11 is 0. The number of hydrogen-bond donors (Lipinski definition) is 0. The van der Waals surface area contributed by atoms with Gasteiger partial charge in [-0.3, -0.25) is 4.79 Å². The number of ether oxygens (including phenoxy) is 1. The van der Waals surface area contributed by atoms with Gasteiger partial charge in [-0.2, -0.15) is 10.4 Å². The van der Waals surface area contributed by atoms with Crippen molar-refractivity contribution in [1.82, 2.24) is 14.7 Å². The zero-order chi connectivity index (χ0) is 21.4. The fourth-order valence-corrected chi connectivity index (χ4v) is 4.12. The van der Waals surface area contributed by atoms with E-state index in [4.69, 9.17) is 4.74 Å². The van der Waals surface area contributed by atoms with E-state index in [0.717, 1.165) is 36.1 Å². The van der Waals surface area contributed by atoms with Crippen molar-refractivity contribution >= 4 is 5.91 Å². The first-order valence-electron chi connectivity index (χ1n) is 10.6. The van der Waals surface area contributed by atoms with Gasteiger partial charge in [-0.25, -0.2) is 4.68 Å². The minimum Gasteiger partial charge on any atom is -0.491 e. The van der Waals surface area contributed by atoms with Gasteiger partial charge in [0.15, 0.2) is 0 Å². The minimum absolute atomic E-state index is 0.0377. The molecule has 31 heavy (non-hydrogen) atoms. The highest BCUT2D eigenvalue weighted by Gasteiger charge is 2.46. The molecule has 2 aromatic carbocycles. The SMILES string of the molecule is Cc1cc2c(cc1Cc1ccc(-n3cccn3)cc1)C(=O)N(CC1(C#N)CC1)CCO2. The standard InChI is InChI=1S/C25H24N4O2/c1-18-13-23-22(24(30)28(11-12-31-23)17-25(16-26)7-8-25)15-20(18)14-19-3-5-21(6-4-19)29-10-2-9-27-29/h2-6,9-10,13,15H,7-8,11-12,14,17H2,1H3. The summed E-state index contributed by atoms with van der Waals surface area (Å²) < 4.78 is 7.73. The van der Waals surface area contributed by atoms with Gasteiger partial charge in [0.25, 0.3) is 5.91 Å². The Balaban J connectivity index is 1.40. The van der Waals surface area contributed by atoms with Crippen molar-refractivity contribution in [2.75, 3.05) is 19.7 Å². The molecule has 3 aromatic rings. The van der Waals surface area contributed by atoms with Gasteiger partial charge in [0.05, 0.1) is 29.3 Å². The third-order valence-electron chi connectivity index (χ3n) is 6.26. The molecule has 2 heterocycles. The number of aryl methyl sites for hydroxylation is 1. The Kier molecular flexibility index (Phi) is 4.74. The van der Waals surface area contributed by atoms with Crippen LogP contribution in [0.3, 0.4) is 0 Å². The van der Waals surface area contributed by atoms with Crippen LogP contribution in [0.15, 0.2) is 54.9 Å². The molecule has 1 aliphatic carbocycles. The van der Waals surface area contributed by atoms with E-state index < -0.39 is 0 Å². The molecule has 0 atom stereocenters. The van der Waals surface area contributed by atoms with Gasteiger partial charge in [-0.1, -0.05) is 12.1 Å². The zero-order valence-corrected chi connectivity index (χ0v) is 17.5. The van der Waals surface area contributed by atoms with Crippen LogP contribution < -0.4 is 4.74 Å². The first-order chi connectivity index (χ1) is 15.1. The van der Waals surface area contributed by atoms with Crippen molar-refractivity contribution in [2.45, 2.75) is 26.2 Å². The highest BCUT2D eigenvalue weighted by atomic mass is 16.5. The van der Waals surface area contributed by atoms with Gasteiger partial charge in [0.1, 0.15) is 12.4 Å². The molecule has 0 spiro atoms. The van der Waals surface area contributed by atoms with Crippen molar-refractivity contribution in [1.29, 1.82) is 5.26 Å². The molecule has 0 bridgehead atoms. The molecule has 0 unspecified atom stereocenters. The van der Waals surface area contributed by atoms with Crippen LogP contribution in [0.25, 0.3) is 5.69 Å². The van der Waals surface area contributed by atoms with E-state index in [1.54, 1.807) is 11.1 Å². The number of nitrogens with zero attached hydrogens (tertiary/aromatic N) is 4. The Morgan fingerprint density at radius 2 is 2.03 bits per heavy atom. The average molecular weight is 412 g/mol.